The molecule has 2 heterocycles. The summed E-state index contributed by atoms with van der Waals surface area (Å²) in [5.41, 5.74) is -0.337. The number of hydrogen-bond acceptors (Lipinski definition) is 5. The van der Waals surface area contributed by atoms with Crippen molar-refractivity contribution in [3.63, 3.8) is 0 Å². The lowest BCUT2D eigenvalue weighted by atomic mass is 10.0. The fourth-order valence-corrected chi connectivity index (χ4v) is 3.31. The van der Waals surface area contributed by atoms with Crippen molar-refractivity contribution in [2.24, 2.45) is 0 Å². The summed E-state index contributed by atoms with van der Waals surface area (Å²) >= 11 is 0. The smallest absolute Gasteiger partial charge is 0.416 e. The molecule has 1 unspecified atom stereocenters. The molecule has 0 aliphatic carbocycles. The number of carbonyl (C=O) groups is 2. The van der Waals surface area contributed by atoms with Gasteiger partial charge in [-0.05, 0) is 43.9 Å². The summed E-state index contributed by atoms with van der Waals surface area (Å²) in [6, 6.07) is 4.22. The van der Waals surface area contributed by atoms with Gasteiger partial charge in [0.1, 0.15) is 6.04 Å². The number of rotatable bonds is 5. The summed E-state index contributed by atoms with van der Waals surface area (Å²) in [6.07, 6.45) is -0.965. The van der Waals surface area contributed by atoms with E-state index < -0.39 is 29.7 Å². The van der Waals surface area contributed by atoms with Crippen LogP contribution in [0.15, 0.2) is 30.5 Å². The van der Waals surface area contributed by atoms with Crippen LogP contribution in [0.25, 0.3) is 0 Å². The maximum absolute atomic E-state index is 12.9. The molecule has 10 heteroatoms. The predicted octanol–water partition coefficient (Wildman–Crippen LogP) is 2.90. The molecular weight excluding hydrogens is 389 g/mol. The highest BCUT2D eigenvalue weighted by Gasteiger charge is 2.35. The zero-order chi connectivity index (χ0) is 21.0. The van der Waals surface area contributed by atoms with Gasteiger partial charge in [0.25, 0.3) is 5.91 Å². The Morgan fingerprint density at radius 1 is 1.28 bits per heavy atom. The molecule has 2 aromatic rings. The summed E-state index contributed by atoms with van der Waals surface area (Å²) < 4.78 is 44.9. The van der Waals surface area contributed by atoms with Crippen LogP contribution in [0, 0.1) is 0 Å². The molecule has 156 valence electrons. The minimum absolute atomic E-state index is 0.0332. The van der Waals surface area contributed by atoms with Crippen LogP contribution in [-0.2, 0) is 22.3 Å². The van der Waals surface area contributed by atoms with E-state index >= 15 is 0 Å². The number of hydrogen-bond donors (Lipinski definition) is 0. The Hall–Kier alpha value is -2.91. The third-order valence-corrected chi connectivity index (χ3v) is 4.68. The van der Waals surface area contributed by atoms with Crippen molar-refractivity contribution in [2.45, 2.75) is 44.9 Å². The second-order valence-electron chi connectivity index (χ2n) is 6.76. The van der Waals surface area contributed by atoms with Gasteiger partial charge in [0.15, 0.2) is 5.69 Å². The van der Waals surface area contributed by atoms with Crippen molar-refractivity contribution in [1.29, 1.82) is 0 Å². The van der Waals surface area contributed by atoms with Crippen molar-refractivity contribution < 1.29 is 27.5 Å². The van der Waals surface area contributed by atoms with E-state index in [4.69, 9.17) is 4.74 Å². The number of aromatic nitrogens is 3. The molecule has 0 spiro atoms. The molecule has 1 aliphatic rings. The standard InChI is InChI=1S/C19H21F3N4O3/c1-2-29-18(28)16-8-3-4-9-26(16)17(27)15-12-25(24-23-15)11-13-6-5-7-14(10-13)19(20,21)22/h5-7,10,12,16H,2-4,8-9,11H2,1H3. The molecule has 1 aromatic heterocycles. The lowest BCUT2D eigenvalue weighted by Crippen LogP contribution is -2.48. The fraction of sp³-hybridized carbons (Fsp3) is 0.474. The average Bonchev–Trinajstić information content (AvgIpc) is 3.15. The van der Waals surface area contributed by atoms with E-state index in [1.807, 2.05) is 0 Å². The molecule has 0 saturated carbocycles. The van der Waals surface area contributed by atoms with Gasteiger partial charge in [-0.25, -0.2) is 9.48 Å². The topological polar surface area (TPSA) is 77.3 Å². The quantitative estimate of drug-likeness (QED) is 0.709. The second-order valence-corrected chi connectivity index (χ2v) is 6.76. The number of piperidine rings is 1. The highest BCUT2D eigenvalue weighted by molar-refractivity contribution is 5.95. The van der Waals surface area contributed by atoms with E-state index in [0.29, 0.717) is 18.5 Å². The molecule has 0 bridgehead atoms. The first-order chi connectivity index (χ1) is 13.8. The maximum atomic E-state index is 12.9. The minimum atomic E-state index is -4.43. The van der Waals surface area contributed by atoms with Crippen LogP contribution in [0.2, 0.25) is 0 Å². The molecular formula is C19H21F3N4O3. The average molecular weight is 410 g/mol. The number of likely N-dealkylation sites (tertiary alicyclic amines) is 1. The van der Waals surface area contributed by atoms with E-state index in [0.717, 1.165) is 25.0 Å². The number of nitrogens with zero attached hydrogens (tertiary/aromatic N) is 4. The normalized spacial score (nSPS) is 17.2. The van der Waals surface area contributed by atoms with E-state index in [1.54, 1.807) is 13.0 Å². The predicted molar refractivity (Wildman–Crippen MR) is 95.9 cm³/mol. The highest BCUT2D eigenvalue weighted by Crippen LogP contribution is 2.29. The van der Waals surface area contributed by atoms with Gasteiger partial charge < -0.3 is 9.64 Å². The Morgan fingerprint density at radius 2 is 2.07 bits per heavy atom. The van der Waals surface area contributed by atoms with Crippen LogP contribution in [0.5, 0.6) is 0 Å². The zero-order valence-corrected chi connectivity index (χ0v) is 15.9. The van der Waals surface area contributed by atoms with E-state index in [9.17, 15) is 22.8 Å². The van der Waals surface area contributed by atoms with Crippen LogP contribution >= 0.6 is 0 Å². The minimum Gasteiger partial charge on any atom is -0.464 e. The first-order valence-corrected chi connectivity index (χ1v) is 9.33. The van der Waals surface area contributed by atoms with E-state index in [-0.39, 0.29) is 18.8 Å². The molecule has 1 atom stereocenters. The van der Waals surface area contributed by atoms with E-state index in [2.05, 4.69) is 10.3 Å². The van der Waals surface area contributed by atoms with Gasteiger partial charge in [-0.15, -0.1) is 5.10 Å². The third-order valence-electron chi connectivity index (χ3n) is 4.68. The largest absolute Gasteiger partial charge is 0.464 e. The lowest BCUT2D eigenvalue weighted by molar-refractivity contribution is -0.149. The van der Waals surface area contributed by atoms with E-state index in [1.165, 1.54) is 21.8 Å². The van der Waals surface area contributed by atoms with Crippen LogP contribution in [0.4, 0.5) is 13.2 Å². The Kier molecular flexibility index (Phi) is 6.19. The zero-order valence-electron chi connectivity index (χ0n) is 15.9. The molecule has 1 aromatic carbocycles. The molecule has 1 aliphatic heterocycles. The second kappa shape index (κ2) is 8.62. The summed E-state index contributed by atoms with van der Waals surface area (Å²) in [5.74, 6) is -0.894. The number of carbonyl (C=O) groups excluding carboxylic acids is 2. The van der Waals surface area contributed by atoms with Crippen LogP contribution in [0.1, 0.15) is 47.8 Å². The molecule has 1 amide bonds. The Labute approximate surface area is 165 Å². The van der Waals surface area contributed by atoms with Crippen LogP contribution < -0.4 is 0 Å². The number of ether oxygens (including phenoxy) is 1. The van der Waals surface area contributed by atoms with Gasteiger partial charge >= 0.3 is 12.1 Å². The van der Waals surface area contributed by atoms with Gasteiger partial charge in [-0.2, -0.15) is 13.2 Å². The van der Waals surface area contributed by atoms with Crippen molar-refractivity contribution in [2.75, 3.05) is 13.2 Å². The van der Waals surface area contributed by atoms with Gasteiger partial charge in [-0.1, -0.05) is 17.3 Å². The van der Waals surface area contributed by atoms with Crippen LogP contribution in [-0.4, -0.2) is 51.0 Å². The van der Waals surface area contributed by atoms with Crippen LogP contribution in [0.3, 0.4) is 0 Å². The Bertz CT molecular complexity index is 882. The van der Waals surface area contributed by atoms with Crippen molar-refractivity contribution in [3.8, 4) is 0 Å². The molecule has 1 fully saturated rings. The van der Waals surface area contributed by atoms with Crippen molar-refractivity contribution in [3.05, 3.63) is 47.3 Å². The van der Waals surface area contributed by atoms with Gasteiger partial charge in [-0.3, -0.25) is 4.79 Å². The van der Waals surface area contributed by atoms with Crippen molar-refractivity contribution in [1.82, 2.24) is 19.9 Å². The number of amides is 1. The fourth-order valence-electron chi connectivity index (χ4n) is 3.31. The van der Waals surface area contributed by atoms with Gasteiger partial charge in [0.05, 0.1) is 24.9 Å². The summed E-state index contributed by atoms with van der Waals surface area (Å²) in [6.45, 7) is 2.37. The SMILES string of the molecule is CCOC(=O)C1CCCCN1C(=O)c1cn(Cc2cccc(C(F)(F)F)c2)nn1. The maximum Gasteiger partial charge on any atom is 0.416 e. The molecule has 29 heavy (non-hydrogen) atoms. The monoisotopic (exact) mass is 410 g/mol. The number of halogens is 3. The first-order valence-electron chi connectivity index (χ1n) is 9.33. The number of alkyl halides is 3. The summed E-state index contributed by atoms with van der Waals surface area (Å²) in [4.78, 5) is 26.4. The molecule has 0 radical (unpaired) electrons. The Balaban J connectivity index is 1.73. The van der Waals surface area contributed by atoms with Gasteiger partial charge in [0, 0.05) is 6.54 Å². The molecule has 7 nitrogen and oxygen atoms in total. The third kappa shape index (κ3) is 4.93. The summed E-state index contributed by atoms with van der Waals surface area (Å²) in [5, 5.41) is 7.69. The first kappa shape index (κ1) is 20.8. The van der Waals surface area contributed by atoms with Crippen molar-refractivity contribution >= 4 is 11.9 Å². The lowest BCUT2D eigenvalue weighted by Gasteiger charge is -2.33. The molecule has 0 N–H and O–H groups in total. The number of benzene rings is 1. The molecule has 3 rings (SSSR count). The summed E-state index contributed by atoms with van der Waals surface area (Å²) in [7, 11) is 0. The number of esters is 1. The Morgan fingerprint density at radius 3 is 2.79 bits per heavy atom. The van der Waals surface area contributed by atoms with Gasteiger partial charge in [0.2, 0.25) is 0 Å². The molecule has 1 saturated heterocycles. The highest BCUT2D eigenvalue weighted by atomic mass is 19.4.